The van der Waals surface area contributed by atoms with Gasteiger partial charge in [0.2, 0.25) is 11.8 Å². The summed E-state index contributed by atoms with van der Waals surface area (Å²) >= 11 is 6.14. The molecule has 3 aromatic rings. The number of hydrogen-bond donors (Lipinski definition) is 1. The van der Waals surface area contributed by atoms with Crippen LogP contribution in [0.5, 0.6) is 0 Å². The molecule has 2 amide bonds. The van der Waals surface area contributed by atoms with Crippen LogP contribution in [-0.2, 0) is 9.59 Å². The fraction of sp³-hybridized carbons (Fsp3) is 0.160. The first kappa shape index (κ1) is 18.3. The number of imide groups is 1. The van der Waals surface area contributed by atoms with E-state index in [1.807, 2.05) is 24.3 Å². The number of carboxylic acid groups (broad SMARTS) is 1. The molecule has 0 aromatic heterocycles. The number of hydrogen-bond acceptors (Lipinski definition) is 3. The van der Waals surface area contributed by atoms with Gasteiger partial charge < -0.3 is 5.11 Å². The minimum atomic E-state index is -1.16. The summed E-state index contributed by atoms with van der Waals surface area (Å²) in [4.78, 5) is 39.8. The van der Waals surface area contributed by atoms with Gasteiger partial charge in [0.25, 0.3) is 0 Å². The van der Waals surface area contributed by atoms with Crippen molar-refractivity contribution in [3.05, 3.63) is 99.6 Å². The fourth-order valence-electron chi connectivity index (χ4n) is 5.75. The second-order valence-electron chi connectivity index (χ2n) is 8.25. The molecule has 7 rings (SSSR count). The lowest BCUT2D eigenvalue weighted by molar-refractivity contribution is -0.122. The molecule has 1 N–H and O–H groups in total. The van der Waals surface area contributed by atoms with E-state index in [1.165, 1.54) is 23.1 Å². The van der Waals surface area contributed by atoms with Crippen molar-refractivity contribution in [3.63, 3.8) is 0 Å². The lowest BCUT2D eigenvalue weighted by Crippen LogP contribution is -2.41. The molecule has 0 unspecified atom stereocenters. The number of aromatic carboxylic acids is 1. The Morgan fingerprint density at radius 2 is 1.23 bits per heavy atom. The summed E-state index contributed by atoms with van der Waals surface area (Å²) in [5.74, 6) is -3.01. The Kier molecular flexibility index (Phi) is 3.72. The first-order valence-corrected chi connectivity index (χ1v) is 10.4. The molecule has 1 aliphatic heterocycles. The summed E-state index contributed by atoms with van der Waals surface area (Å²) in [6.07, 6.45) is 0. The maximum absolute atomic E-state index is 13.6. The number of benzene rings is 3. The molecule has 0 spiro atoms. The normalized spacial score (nSPS) is 25.3. The van der Waals surface area contributed by atoms with Crippen LogP contribution in [0.2, 0.25) is 5.02 Å². The smallest absolute Gasteiger partial charge is 0.337 e. The van der Waals surface area contributed by atoms with Gasteiger partial charge in [-0.25, -0.2) is 9.69 Å². The molecule has 2 atom stereocenters. The van der Waals surface area contributed by atoms with Gasteiger partial charge in [-0.2, -0.15) is 0 Å². The molecule has 2 bridgehead atoms. The van der Waals surface area contributed by atoms with Gasteiger partial charge in [0.05, 0.1) is 28.1 Å². The zero-order valence-corrected chi connectivity index (χ0v) is 16.9. The van der Waals surface area contributed by atoms with Gasteiger partial charge in [-0.15, -0.1) is 0 Å². The molecule has 6 heteroatoms. The molecule has 31 heavy (non-hydrogen) atoms. The zero-order chi connectivity index (χ0) is 21.4. The van der Waals surface area contributed by atoms with E-state index in [0.717, 1.165) is 22.3 Å². The number of carbonyl (C=O) groups excluding carboxylic acids is 2. The van der Waals surface area contributed by atoms with Crippen LogP contribution in [0.15, 0.2) is 66.7 Å². The second kappa shape index (κ2) is 6.28. The molecule has 0 saturated carbocycles. The highest BCUT2D eigenvalue weighted by Gasteiger charge is 2.61. The van der Waals surface area contributed by atoms with Crippen molar-refractivity contribution in [2.45, 2.75) is 11.8 Å². The van der Waals surface area contributed by atoms with Gasteiger partial charge in [0, 0.05) is 11.8 Å². The Balaban J connectivity index is 1.52. The van der Waals surface area contributed by atoms with Gasteiger partial charge in [-0.05, 0) is 40.5 Å². The topological polar surface area (TPSA) is 74.7 Å². The van der Waals surface area contributed by atoms with E-state index in [4.69, 9.17) is 11.6 Å². The zero-order valence-electron chi connectivity index (χ0n) is 16.2. The maximum Gasteiger partial charge on any atom is 0.337 e. The van der Waals surface area contributed by atoms with E-state index in [-0.39, 0.29) is 34.2 Å². The minimum Gasteiger partial charge on any atom is -0.478 e. The minimum absolute atomic E-state index is 0.00461. The molecule has 5 nitrogen and oxygen atoms in total. The van der Waals surface area contributed by atoms with Crippen LogP contribution in [0.25, 0.3) is 0 Å². The lowest BCUT2D eigenvalue weighted by Gasteiger charge is -2.45. The Bertz CT molecular complexity index is 1200. The molecule has 1 heterocycles. The summed E-state index contributed by atoms with van der Waals surface area (Å²) in [6, 6.07) is 20.3. The number of carbonyl (C=O) groups is 3. The van der Waals surface area contributed by atoms with Gasteiger partial charge in [0.1, 0.15) is 0 Å². The predicted molar refractivity (Wildman–Crippen MR) is 114 cm³/mol. The van der Waals surface area contributed by atoms with Crippen LogP contribution in [-0.4, -0.2) is 22.9 Å². The van der Waals surface area contributed by atoms with E-state index >= 15 is 0 Å². The summed E-state index contributed by atoms with van der Waals surface area (Å²) in [5, 5.41) is 9.24. The molecule has 1 fully saturated rings. The maximum atomic E-state index is 13.6. The van der Waals surface area contributed by atoms with Crippen molar-refractivity contribution in [1.82, 2.24) is 0 Å². The summed E-state index contributed by atoms with van der Waals surface area (Å²) in [5.41, 5.74) is 4.67. The standard InChI is InChI=1S/C25H16ClNO4/c26-18-11-12(9-10-17(18)25(30)31)27-23(28)21-19-13-5-1-2-6-14(13)20(22(21)24(27)29)16-8-4-3-7-15(16)19/h1-11,19-22H,(H,30,31)/t19?,20?,21-,22+. The molecule has 1 saturated heterocycles. The lowest BCUT2D eigenvalue weighted by atomic mass is 9.55. The Morgan fingerprint density at radius 1 is 0.774 bits per heavy atom. The highest BCUT2D eigenvalue weighted by molar-refractivity contribution is 6.34. The van der Waals surface area contributed by atoms with Crippen molar-refractivity contribution in [3.8, 4) is 0 Å². The van der Waals surface area contributed by atoms with Gasteiger partial charge >= 0.3 is 5.97 Å². The monoisotopic (exact) mass is 429 g/mol. The fourth-order valence-corrected chi connectivity index (χ4v) is 6.00. The number of carboxylic acids is 1. The van der Waals surface area contributed by atoms with Crippen molar-refractivity contribution < 1.29 is 19.5 Å². The third-order valence-corrected chi connectivity index (χ3v) is 7.20. The second-order valence-corrected chi connectivity index (χ2v) is 8.65. The first-order chi connectivity index (χ1) is 15.0. The Hall–Kier alpha value is -3.44. The number of nitrogens with zero attached hydrogens (tertiary/aromatic N) is 1. The number of amides is 2. The molecular weight excluding hydrogens is 414 g/mol. The Morgan fingerprint density at radius 3 is 1.61 bits per heavy atom. The third-order valence-electron chi connectivity index (χ3n) is 6.89. The van der Waals surface area contributed by atoms with E-state index in [9.17, 15) is 19.5 Å². The molecule has 3 aromatic carbocycles. The third kappa shape index (κ3) is 2.29. The predicted octanol–water partition coefficient (Wildman–Crippen LogP) is 4.43. The van der Waals surface area contributed by atoms with Crippen LogP contribution in [0.3, 0.4) is 0 Å². The molecule has 0 radical (unpaired) electrons. The SMILES string of the molecule is O=C(O)c1ccc(N2C(=O)[C@@H]3C4c5ccccc5C(c5ccccc54)[C@@H]3C2=O)cc1Cl. The largest absolute Gasteiger partial charge is 0.478 e. The van der Waals surface area contributed by atoms with Gasteiger partial charge in [-0.1, -0.05) is 60.1 Å². The van der Waals surface area contributed by atoms with Crippen molar-refractivity contribution in [2.24, 2.45) is 11.8 Å². The van der Waals surface area contributed by atoms with Crippen molar-refractivity contribution in [1.29, 1.82) is 0 Å². The molecule has 152 valence electrons. The van der Waals surface area contributed by atoms with Gasteiger partial charge in [-0.3, -0.25) is 9.59 Å². The Labute approximate surface area is 182 Å². The van der Waals surface area contributed by atoms with E-state index in [0.29, 0.717) is 5.69 Å². The first-order valence-electron chi connectivity index (χ1n) is 10.1. The van der Waals surface area contributed by atoms with E-state index in [2.05, 4.69) is 24.3 Å². The van der Waals surface area contributed by atoms with E-state index < -0.39 is 17.8 Å². The van der Waals surface area contributed by atoms with Crippen molar-refractivity contribution in [2.75, 3.05) is 4.90 Å². The van der Waals surface area contributed by atoms with Gasteiger partial charge in [0.15, 0.2) is 0 Å². The average molecular weight is 430 g/mol. The summed E-state index contributed by atoms with van der Waals surface area (Å²) < 4.78 is 0. The number of halogens is 1. The van der Waals surface area contributed by atoms with Crippen molar-refractivity contribution >= 4 is 35.1 Å². The molecular formula is C25H16ClNO4. The van der Waals surface area contributed by atoms with E-state index in [1.54, 1.807) is 0 Å². The highest BCUT2D eigenvalue weighted by atomic mass is 35.5. The summed E-state index contributed by atoms with van der Waals surface area (Å²) in [6.45, 7) is 0. The average Bonchev–Trinajstić information content (AvgIpc) is 3.04. The molecule has 3 aliphatic carbocycles. The van der Waals surface area contributed by atoms with Crippen LogP contribution in [0.4, 0.5) is 5.69 Å². The van der Waals surface area contributed by atoms with Crippen LogP contribution < -0.4 is 4.90 Å². The highest BCUT2D eigenvalue weighted by Crippen LogP contribution is 2.61. The quantitative estimate of drug-likeness (QED) is 0.611. The van der Waals surface area contributed by atoms with Crippen LogP contribution in [0.1, 0.15) is 44.4 Å². The summed E-state index contributed by atoms with van der Waals surface area (Å²) in [7, 11) is 0. The number of rotatable bonds is 2. The van der Waals surface area contributed by atoms with Crippen LogP contribution in [0, 0.1) is 11.8 Å². The van der Waals surface area contributed by atoms with Crippen LogP contribution >= 0.6 is 11.6 Å². The molecule has 4 aliphatic rings. The number of anilines is 1.